The Morgan fingerprint density at radius 3 is 2.76 bits per heavy atom. The van der Waals surface area contributed by atoms with E-state index in [9.17, 15) is 9.59 Å². The first-order chi connectivity index (χ1) is 13.6. The van der Waals surface area contributed by atoms with E-state index < -0.39 is 11.8 Å². The molecular weight excluding hydrogens is 406 g/mol. The van der Waals surface area contributed by atoms with E-state index >= 15 is 0 Å². The molecule has 0 saturated heterocycles. The van der Waals surface area contributed by atoms with Crippen LogP contribution in [0.2, 0.25) is 0 Å². The molecule has 0 radical (unpaired) electrons. The summed E-state index contributed by atoms with van der Waals surface area (Å²) in [7, 11) is 0. The van der Waals surface area contributed by atoms with E-state index in [0.717, 1.165) is 24.8 Å². The highest BCUT2D eigenvalue weighted by molar-refractivity contribution is 7.80. The first-order valence-corrected chi connectivity index (χ1v) is 10.7. The minimum atomic E-state index is -0.481. The Kier molecular flexibility index (Phi) is 6.24. The Hall–Kier alpha value is -2.45. The number of hydrogen-bond acceptors (Lipinski definition) is 5. The van der Waals surface area contributed by atoms with E-state index in [0.29, 0.717) is 22.2 Å². The second-order valence-corrected chi connectivity index (χ2v) is 9.68. The molecule has 0 saturated carbocycles. The molecule has 1 aliphatic carbocycles. The van der Waals surface area contributed by atoms with Crippen LogP contribution in [0.1, 0.15) is 53.8 Å². The SMILES string of the molecule is CC(C)(C)[C@H]1CCc2c(sc(NC(=S)NC(=O)/C=C/c3ccco3)c2C(N)=O)C1. The summed E-state index contributed by atoms with van der Waals surface area (Å²) in [5, 5.41) is 6.28. The number of anilines is 1. The summed E-state index contributed by atoms with van der Waals surface area (Å²) >= 11 is 6.74. The summed E-state index contributed by atoms with van der Waals surface area (Å²) in [4.78, 5) is 25.3. The predicted molar refractivity (Wildman–Crippen MR) is 120 cm³/mol. The van der Waals surface area contributed by atoms with Gasteiger partial charge in [-0.1, -0.05) is 20.8 Å². The average molecular weight is 432 g/mol. The number of fused-ring (bicyclic) bond motifs is 1. The Balaban J connectivity index is 1.72. The van der Waals surface area contributed by atoms with Crippen molar-refractivity contribution < 1.29 is 14.0 Å². The normalized spacial score (nSPS) is 16.4. The summed E-state index contributed by atoms with van der Waals surface area (Å²) in [6, 6.07) is 3.47. The van der Waals surface area contributed by atoms with E-state index in [1.165, 1.54) is 28.6 Å². The van der Waals surface area contributed by atoms with Gasteiger partial charge in [-0.25, -0.2) is 0 Å². The number of nitrogens with one attached hydrogen (secondary N) is 2. The highest BCUT2D eigenvalue weighted by Crippen LogP contribution is 2.44. The Bertz CT molecular complexity index is 953. The number of carbonyl (C=O) groups is 2. The van der Waals surface area contributed by atoms with Crippen molar-refractivity contribution >= 4 is 51.6 Å². The first-order valence-electron chi connectivity index (χ1n) is 9.43. The maximum Gasteiger partial charge on any atom is 0.251 e. The number of thiocarbonyl (C=S) groups is 1. The van der Waals surface area contributed by atoms with Gasteiger partial charge in [-0.15, -0.1) is 11.3 Å². The molecule has 0 aromatic carbocycles. The van der Waals surface area contributed by atoms with Crippen LogP contribution in [0, 0.1) is 11.3 Å². The summed E-state index contributed by atoms with van der Waals surface area (Å²) in [6.45, 7) is 6.72. The number of hydrogen-bond donors (Lipinski definition) is 3. The molecule has 0 unspecified atom stereocenters. The molecule has 0 bridgehead atoms. The predicted octanol–water partition coefficient (Wildman–Crippen LogP) is 4.12. The molecule has 2 heterocycles. The van der Waals surface area contributed by atoms with Crippen LogP contribution < -0.4 is 16.4 Å². The van der Waals surface area contributed by atoms with Gasteiger partial charge in [-0.3, -0.25) is 14.9 Å². The van der Waals surface area contributed by atoms with E-state index in [2.05, 4.69) is 31.4 Å². The molecular formula is C21H25N3O3S2. The first kappa shape index (κ1) is 21.3. The van der Waals surface area contributed by atoms with Crippen molar-refractivity contribution in [2.45, 2.75) is 40.0 Å². The third kappa shape index (κ3) is 5.13. The molecule has 0 fully saturated rings. The van der Waals surface area contributed by atoms with E-state index in [4.69, 9.17) is 22.4 Å². The number of thiophene rings is 1. The molecule has 2 aromatic heterocycles. The number of nitrogens with two attached hydrogens (primary N) is 1. The average Bonchev–Trinajstić information content (AvgIpc) is 3.25. The van der Waals surface area contributed by atoms with Gasteiger partial charge in [0.2, 0.25) is 5.91 Å². The maximum atomic E-state index is 12.1. The molecule has 2 aromatic rings. The van der Waals surface area contributed by atoms with Gasteiger partial charge in [0.05, 0.1) is 11.8 Å². The van der Waals surface area contributed by atoms with Crippen LogP contribution in [0.5, 0.6) is 0 Å². The van der Waals surface area contributed by atoms with Crippen molar-refractivity contribution in [2.24, 2.45) is 17.1 Å². The summed E-state index contributed by atoms with van der Waals surface area (Å²) in [5.74, 6) is 0.231. The molecule has 8 heteroatoms. The second kappa shape index (κ2) is 8.51. The quantitative estimate of drug-likeness (QED) is 0.500. The number of amides is 2. The second-order valence-electron chi connectivity index (χ2n) is 8.17. The summed E-state index contributed by atoms with van der Waals surface area (Å²) in [5.41, 5.74) is 7.36. The van der Waals surface area contributed by atoms with E-state index in [1.807, 2.05) is 0 Å². The van der Waals surface area contributed by atoms with Gasteiger partial charge in [-0.2, -0.15) is 0 Å². The van der Waals surface area contributed by atoms with Gasteiger partial charge < -0.3 is 15.5 Å². The van der Waals surface area contributed by atoms with Gasteiger partial charge in [-0.05, 0) is 66.6 Å². The summed E-state index contributed by atoms with van der Waals surface area (Å²) < 4.78 is 5.14. The highest BCUT2D eigenvalue weighted by atomic mass is 32.1. The van der Waals surface area contributed by atoms with Gasteiger partial charge in [0.1, 0.15) is 10.8 Å². The number of furan rings is 1. The standard InChI is InChI=1S/C21H25N3O3S2/c1-21(2,3)12-6-8-14-15(11-12)29-19(17(14)18(22)26)24-20(28)23-16(25)9-7-13-5-4-10-27-13/h4-5,7,9-10,12H,6,8,11H2,1-3H3,(H2,22,26)(H2,23,24,25,28)/b9-7+/t12-/m0/s1. The highest BCUT2D eigenvalue weighted by Gasteiger charge is 2.33. The van der Waals surface area contributed by atoms with Crippen molar-refractivity contribution in [3.05, 3.63) is 46.2 Å². The Morgan fingerprint density at radius 2 is 2.14 bits per heavy atom. The lowest BCUT2D eigenvalue weighted by atomic mass is 9.72. The van der Waals surface area contributed by atoms with E-state index in [1.54, 1.807) is 18.2 Å². The lowest BCUT2D eigenvalue weighted by molar-refractivity contribution is -0.115. The smallest absolute Gasteiger partial charge is 0.251 e. The molecule has 0 aliphatic heterocycles. The lowest BCUT2D eigenvalue weighted by Gasteiger charge is -2.33. The van der Waals surface area contributed by atoms with E-state index in [-0.39, 0.29) is 10.5 Å². The van der Waals surface area contributed by atoms with Crippen molar-refractivity contribution in [1.82, 2.24) is 5.32 Å². The molecule has 4 N–H and O–H groups in total. The van der Waals surface area contributed by atoms with Crippen LogP contribution in [0.3, 0.4) is 0 Å². The third-order valence-electron chi connectivity index (χ3n) is 5.14. The third-order valence-corrected chi connectivity index (χ3v) is 6.52. The van der Waals surface area contributed by atoms with Crippen LogP contribution in [-0.4, -0.2) is 16.9 Å². The van der Waals surface area contributed by atoms with Crippen LogP contribution in [0.4, 0.5) is 5.00 Å². The van der Waals surface area contributed by atoms with Gasteiger partial charge in [0, 0.05) is 11.0 Å². The molecule has 1 atom stereocenters. The van der Waals surface area contributed by atoms with Crippen molar-refractivity contribution in [3.8, 4) is 0 Å². The van der Waals surface area contributed by atoms with Crippen molar-refractivity contribution in [3.63, 3.8) is 0 Å². The molecule has 1 aliphatic rings. The largest absolute Gasteiger partial charge is 0.465 e. The molecule has 3 rings (SSSR count). The fraction of sp³-hybridized carbons (Fsp3) is 0.381. The lowest BCUT2D eigenvalue weighted by Crippen LogP contribution is -2.33. The van der Waals surface area contributed by atoms with Gasteiger partial charge in [0.15, 0.2) is 5.11 Å². The number of primary amides is 1. The topological polar surface area (TPSA) is 97.4 Å². The minimum Gasteiger partial charge on any atom is -0.465 e. The fourth-order valence-corrected chi connectivity index (χ4v) is 5.11. The molecule has 0 spiro atoms. The fourth-order valence-electron chi connectivity index (χ4n) is 3.51. The van der Waals surface area contributed by atoms with Crippen LogP contribution >= 0.6 is 23.6 Å². The number of carbonyl (C=O) groups excluding carboxylic acids is 2. The zero-order valence-electron chi connectivity index (χ0n) is 16.7. The van der Waals surface area contributed by atoms with Crippen molar-refractivity contribution in [2.75, 3.05) is 5.32 Å². The van der Waals surface area contributed by atoms with Gasteiger partial charge in [0.25, 0.3) is 5.91 Å². The molecule has 29 heavy (non-hydrogen) atoms. The summed E-state index contributed by atoms with van der Waals surface area (Å²) in [6.07, 6.45) is 7.15. The van der Waals surface area contributed by atoms with Crippen LogP contribution in [0.15, 0.2) is 28.9 Å². The number of rotatable bonds is 4. The molecule has 2 amide bonds. The Labute approximate surface area is 179 Å². The zero-order valence-corrected chi connectivity index (χ0v) is 18.3. The minimum absolute atomic E-state index is 0.118. The van der Waals surface area contributed by atoms with Crippen molar-refractivity contribution in [1.29, 1.82) is 0 Å². The molecule has 6 nitrogen and oxygen atoms in total. The Morgan fingerprint density at radius 1 is 1.38 bits per heavy atom. The van der Waals surface area contributed by atoms with Crippen LogP contribution in [-0.2, 0) is 17.6 Å². The van der Waals surface area contributed by atoms with Gasteiger partial charge >= 0.3 is 0 Å². The van der Waals surface area contributed by atoms with Crippen LogP contribution in [0.25, 0.3) is 6.08 Å². The zero-order chi connectivity index (χ0) is 21.2. The molecule has 154 valence electrons. The maximum absolute atomic E-state index is 12.1. The monoisotopic (exact) mass is 431 g/mol.